The standard InChI is InChI=1S/C24H28N6O3/c1-29-10-7-18(8-11-29)22-15-26-23(16-25-22)24(31)28-30-19(6-9-27-30)5-4-17-12-20(32-2)14-21(13-17)33-3/h6-7,9,12-16H,4-5,8,10-11H2,1-3H3,(H,28,31). The van der Waals surface area contributed by atoms with Gasteiger partial charge in [0.25, 0.3) is 5.91 Å². The highest BCUT2D eigenvalue weighted by atomic mass is 16.5. The summed E-state index contributed by atoms with van der Waals surface area (Å²) >= 11 is 0. The van der Waals surface area contributed by atoms with Crippen molar-refractivity contribution in [1.82, 2.24) is 24.8 Å². The maximum Gasteiger partial charge on any atom is 0.291 e. The van der Waals surface area contributed by atoms with Crippen molar-refractivity contribution in [2.45, 2.75) is 19.3 Å². The second kappa shape index (κ2) is 10.3. The summed E-state index contributed by atoms with van der Waals surface area (Å²) in [6.45, 7) is 1.88. The van der Waals surface area contributed by atoms with Crippen molar-refractivity contribution in [2.24, 2.45) is 0 Å². The minimum atomic E-state index is -0.362. The molecule has 172 valence electrons. The highest BCUT2D eigenvalue weighted by Gasteiger charge is 2.15. The fraction of sp³-hybridized carbons (Fsp3) is 0.333. The summed E-state index contributed by atoms with van der Waals surface area (Å²) in [4.78, 5) is 25.2. The molecule has 3 aromatic rings. The minimum Gasteiger partial charge on any atom is -0.497 e. The van der Waals surface area contributed by atoms with Crippen molar-refractivity contribution in [3.05, 3.63) is 71.6 Å². The molecule has 9 nitrogen and oxygen atoms in total. The van der Waals surface area contributed by atoms with Crippen LogP contribution in [0.15, 0.2) is 48.9 Å². The van der Waals surface area contributed by atoms with E-state index in [2.05, 4.69) is 38.5 Å². The third-order valence-electron chi connectivity index (χ3n) is 5.64. The maximum absolute atomic E-state index is 12.7. The number of hydrogen-bond acceptors (Lipinski definition) is 7. The van der Waals surface area contributed by atoms with Gasteiger partial charge in [0.2, 0.25) is 0 Å². The Morgan fingerprint density at radius 3 is 2.52 bits per heavy atom. The van der Waals surface area contributed by atoms with Crippen LogP contribution in [0.5, 0.6) is 11.5 Å². The van der Waals surface area contributed by atoms with Crippen molar-refractivity contribution in [1.29, 1.82) is 0 Å². The largest absolute Gasteiger partial charge is 0.497 e. The van der Waals surface area contributed by atoms with Crippen LogP contribution in [0.3, 0.4) is 0 Å². The topological polar surface area (TPSA) is 94.4 Å². The number of methoxy groups -OCH3 is 2. The first-order valence-corrected chi connectivity index (χ1v) is 10.8. The zero-order chi connectivity index (χ0) is 23.2. The molecule has 1 amide bonds. The molecule has 0 bridgehead atoms. The van der Waals surface area contributed by atoms with Gasteiger partial charge in [0.05, 0.1) is 44.2 Å². The Morgan fingerprint density at radius 2 is 1.88 bits per heavy atom. The molecule has 0 atom stereocenters. The predicted molar refractivity (Wildman–Crippen MR) is 125 cm³/mol. The molecule has 1 aliphatic heterocycles. The molecule has 0 unspecified atom stereocenters. The summed E-state index contributed by atoms with van der Waals surface area (Å²) in [5.74, 6) is 1.12. The van der Waals surface area contributed by atoms with E-state index in [9.17, 15) is 4.79 Å². The van der Waals surface area contributed by atoms with Crippen LogP contribution in [0, 0.1) is 0 Å². The van der Waals surface area contributed by atoms with Crippen molar-refractivity contribution in [3.8, 4) is 11.5 Å². The van der Waals surface area contributed by atoms with Gasteiger partial charge in [0.1, 0.15) is 17.2 Å². The lowest BCUT2D eigenvalue weighted by Crippen LogP contribution is -2.27. The lowest BCUT2D eigenvalue weighted by Gasteiger charge is -2.21. The molecule has 0 radical (unpaired) electrons. The van der Waals surface area contributed by atoms with Gasteiger partial charge in [0.15, 0.2) is 0 Å². The van der Waals surface area contributed by atoms with Gasteiger partial charge in [-0.25, -0.2) is 10.4 Å². The van der Waals surface area contributed by atoms with Gasteiger partial charge in [-0.15, -0.1) is 0 Å². The zero-order valence-electron chi connectivity index (χ0n) is 19.1. The number of likely N-dealkylation sites (N-methyl/N-ethyl adjacent to an activating group) is 1. The summed E-state index contributed by atoms with van der Waals surface area (Å²) in [6, 6.07) is 7.65. The molecular formula is C24H28N6O3. The first-order valence-electron chi connectivity index (χ1n) is 10.8. The Balaban J connectivity index is 1.40. The Bertz CT molecular complexity index is 1120. The molecule has 1 N–H and O–H groups in total. The normalized spacial score (nSPS) is 14.0. The summed E-state index contributed by atoms with van der Waals surface area (Å²) in [5.41, 5.74) is 6.94. The molecule has 33 heavy (non-hydrogen) atoms. The van der Waals surface area contributed by atoms with E-state index in [4.69, 9.17) is 9.47 Å². The van der Waals surface area contributed by atoms with E-state index >= 15 is 0 Å². The molecule has 0 aliphatic carbocycles. The average molecular weight is 449 g/mol. The molecule has 3 heterocycles. The second-order valence-corrected chi connectivity index (χ2v) is 7.92. The summed E-state index contributed by atoms with van der Waals surface area (Å²) < 4.78 is 10.7. The van der Waals surface area contributed by atoms with Crippen LogP contribution < -0.4 is 14.9 Å². The first-order chi connectivity index (χ1) is 16.1. The van der Waals surface area contributed by atoms with Crippen molar-refractivity contribution in [2.75, 3.05) is 39.8 Å². The lowest BCUT2D eigenvalue weighted by atomic mass is 10.1. The van der Waals surface area contributed by atoms with Crippen molar-refractivity contribution >= 4 is 11.5 Å². The van der Waals surface area contributed by atoms with E-state index < -0.39 is 0 Å². The van der Waals surface area contributed by atoms with Crippen LogP contribution in [0.4, 0.5) is 0 Å². The summed E-state index contributed by atoms with van der Waals surface area (Å²) in [7, 11) is 5.34. The first kappa shape index (κ1) is 22.5. The van der Waals surface area contributed by atoms with Gasteiger partial charge < -0.3 is 14.4 Å². The van der Waals surface area contributed by atoms with Crippen LogP contribution in [0.1, 0.15) is 33.9 Å². The molecule has 1 aliphatic rings. The minimum absolute atomic E-state index is 0.242. The van der Waals surface area contributed by atoms with Crippen LogP contribution in [0.2, 0.25) is 0 Å². The molecule has 0 fully saturated rings. The number of nitrogens with zero attached hydrogens (tertiary/aromatic N) is 5. The molecule has 4 rings (SSSR count). The zero-order valence-corrected chi connectivity index (χ0v) is 19.1. The number of hydrogen-bond donors (Lipinski definition) is 1. The molecule has 2 aromatic heterocycles. The Hall–Kier alpha value is -3.72. The number of ether oxygens (including phenoxy) is 2. The molecule has 1 aromatic carbocycles. The van der Waals surface area contributed by atoms with E-state index in [0.29, 0.717) is 6.42 Å². The Labute approximate surface area is 193 Å². The van der Waals surface area contributed by atoms with Gasteiger partial charge >= 0.3 is 0 Å². The number of benzene rings is 1. The Morgan fingerprint density at radius 1 is 1.09 bits per heavy atom. The summed E-state index contributed by atoms with van der Waals surface area (Å²) in [6.07, 6.45) is 9.30. The smallest absolute Gasteiger partial charge is 0.291 e. The van der Waals surface area contributed by atoms with Gasteiger partial charge in [-0.3, -0.25) is 9.78 Å². The molecule has 0 saturated heterocycles. The molecule has 0 saturated carbocycles. The molecule has 0 spiro atoms. The van der Waals surface area contributed by atoms with Gasteiger partial charge in [-0.05, 0) is 55.6 Å². The third-order valence-corrected chi connectivity index (χ3v) is 5.64. The quantitative estimate of drug-likeness (QED) is 0.566. The maximum atomic E-state index is 12.7. The van der Waals surface area contributed by atoms with Gasteiger partial charge in [0, 0.05) is 19.2 Å². The van der Waals surface area contributed by atoms with E-state index in [1.807, 2.05) is 24.3 Å². The van der Waals surface area contributed by atoms with Crippen molar-refractivity contribution in [3.63, 3.8) is 0 Å². The number of carbonyl (C=O) groups is 1. The number of rotatable bonds is 8. The van der Waals surface area contributed by atoms with E-state index in [1.165, 1.54) is 11.0 Å². The highest BCUT2D eigenvalue weighted by Crippen LogP contribution is 2.23. The van der Waals surface area contributed by atoms with Crippen LogP contribution in [-0.2, 0) is 12.8 Å². The molecule has 9 heteroatoms. The number of nitrogens with one attached hydrogen (secondary N) is 1. The Kier molecular flexibility index (Phi) is 6.99. The van der Waals surface area contributed by atoms with Gasteiger partial charge in [-0.2, -0.15) is 9.89 Å². The van der Waals surface area contributed by atoms with E-state index in [-0.39, 0.29) is 11.6 Å². The van der Waals surface area contributed by atoms with E-state index in [0.717, 1.165) is 60.0 Å². The highest BCUT2D eigenvalue weighted by molar-refractivity contribution is 5.98. The van der Waals surface area contributed by atoms with E-state index in [1.54, 1.807) is 26.6 Å². The predicted octanol–water partition coefficient (Wildman–Crippen LogP) is 2.58. The number of aryl methyl sites for hydroxylation is 2. The fourth-order valence-corrected chi connectivity index (χ4v) is 3.67. The number of amides is 1. The van der Waals surface area contributed by atoms with Crippen molar-refractivity contribution < 1.29 is 14.3 Å². The number of aromatic nitrogens is 4. The second-order valence-electron chi connectivity index (χ2n) is 7.92. The third kappa shape index (κ3) is 5.56. The fourth-order valence-electron chi connectivity index (χ4n) is 3.67. The molecular weight excluding hydrogens is 420 g/mol. The SMILES string of the molecule is COc1cc(CCc2ccnn2NC(=O)c2cnc(C3=CCN(C)CC3)cn2)cc(OC)c1. The summed E-state index contributed by atoms with van der Waals surface area (Å²) in [5, 5.41) is 4.23. The van der Waals surface area contributed by atoms with Crippen LogP contribution in [-0.4, -0.2) is 65.0 Å². The lowest BCUT2D eigenvalue weighted by molar-refractivity contribution is 0.0999. The number of carbonyl (C=O) groups excluding carboxylic acids is 1. The van der Waals surface area contributed by atoms with Crippen LogP contribution >= 0.6 is 0 Å². The average Bonchev–Trinajstić information content (AvgIpc) is 3.29. The monoisotopic (exact) mass is 448 g/mol. The van der Waals surface area contributed by atoms with Crippen LogP contribution in [0.25, 0.3) is 5.57 Å². The van der Waals surface area contributed by atoms with Gasteiger partial charge in [-0.1, -0.05) is 6.08 Å².